The van der Waals surface area contributed by atoms with Gasteiger partial charge in [0.1, 0.15) is 6.54 Å². The molecule has 0 aliphatic heterocycles. The number of carbonyl (C=O) groups excluding carboxylic acids is 1. The molecule has 28 heavy (non-hydrogen) atoms. The summed E-state index contributed by atoms with van der Waals surface area (Å²) in [6, 6.07) is 4.73. The number of carbonyl (C=O) groups is 1. The highest BCUT2D eigenvalue weighted by Gasteiger charge is 2.29. The third-order valence-electron chi connectivity index (χ3n) is 3.93. The lowest BCUT2D eigenvalue weighted by Gasteiger charge is -2.17. The van der Waals surface area contributed by atoms with Crippen LogP contribution in [-0.2, 0) is 11.3 Å². The highest BCUT2D eigenvalue weighted by molar-refractivity contribution is 8.00. The number of amides is 1. The molecule has 1 aromatic heterocycles. The predicted molar refractivity (Wildman–Crippen MR) is 105 cm³/mol. The molecular formula is C18H21ClF3N3O2S. The molecule has 154 valence electrons. The minimum atomic E-state index is -4.49. The summed E-state index contributed by atoms with van der Waals surface area (Å²) in [5, 5.41) is 2.06. The Morgan fingerprint density at radius 3 is 2.61 bits per heavy atom. The normalized spacial score (nSPS) is 13.1. The highest BCUT2D eigenvalue weighted by atomic mass is 35.5. The van der Waals surface area contributed by atoms with E-state index in [-0.39, 0.29) is 10.7 Å². The third-order valence-corrected chi connectivity index (χ3v) is 5.25. The number of halogens is 4. The first-order chi connectivity index (χ1) is 13.0. The molecule has 0 aliphatic carbocycles. The van der Waals surface area contributed by atoms with Crippen molar-refractivity contribution in [2.24, 2.45) is 5.92 Å². The lowest BCUT2D eigenvalue weighted by atomic mass is 10.1. The van der Waals surface area contributed by atoms with Crippen LogP contribution in [0.5, 0.6) is 0 Å². The van der Waals surface area contributed by atoms with Crippen LogP contribution in [0.15, 0.2) is 28.2 Å². The van der Waals surface area contributed by atoms with Crippen LogP contribution < -0.4 is 10.9 Å². The molecule has 0 aliphatic rings. The van der Waals surface area contributed by atoms with Crippen molar-refractivity contribution in [2.75, 3.05) is 6.54 Å². The number of thioether (sulfide) groups is 1. The van der Waals surface area contributed by atoms with E-state index in [4.69, 9.17) is 11.6 Å². The number of nitrogens with zero attached hydrogens (tertiary/aromatic N) is 2. The molecule has 2 rings (SSSR count). The summed E-state index contributed by atoms with van der Waals surface area (Å²) < 4.78 is 38.4. The van der Waals surface area contributed by atoms with Gasteiger partial charge in [-0.3, -0.25) is 14.2 Å². The third kappa shape index (κ3) is 6.13. The smallest absolute Gasteiger partial charge is 0.346 e. The molecule has 0 bridgehead atoms. The molecule has 0 fully saturated rings. The van der Waals surface area contributed by atoms with Gasteiger partial charge in [-0.05, 0) is 37.5 Å². The maximum Gasteiger partial charge on any atom is 0.405 e. The van der Waals surface area contributed by atoms with Crippen molar-refractivity contribution >= 4 is 40.2 Å². The summed E-state index contributed by atoms with van der Waals surface area (Å²) in [6.45, 7) is 4.48. The Morgan fingerprint density at radius 2 is 2.00 bits per heavy atom. The van der Waals surface area contributed by atoms with Gasteiger partial charge in [0.25, 0.3) is 5.56 Å². The predicted octanol–water partition coefficient (Wildman–Crippen LogP) is 4.26. The van der Waals surface area contributed by atoms with Gasteiger partial charge in [-0.15, -0.1) is 0 Å². The summed E-state index contributed by atoms with van der Waals surface area (Å²) in [7, 11) is 0. The quantitative estimate of drug-likeness (QED) is 0.521. The number of hydrogen-bond acceptors (Lipinski definition) is 4. The summed E-state index contributed by atoms with van der Waals surface area (Å²) in [6.07, 6.45) is -3.78. The van der Waals surface area contributed by atoms with Gasteiger partial charge in [0.2, 0.25) is 5.91 Å². The maximum atomic E-state index is 12.9. The number of fused-ring (bicyclic) bond motifs is 1. The molecule has 1 amide bonds. The van der Waals surface area contributed by atoms with Crippen molar-refractivity contribution in [3.8, 4) is 0 Å². The zero-order valence-corrected chi connectivity index (χ0v) is 17.2. The number of nitrogens with one attached hydrogen (secondary N) is 1. The summed E-state index contributed by atoms with van der Waals surface area (Å²) in [5.74, 6) is -0.448. The van der Waals surface area contributed by atoms with Crippen molar-refractivity contribution in [1.29, 1.82) is 0 Å². The van der Waals surface area contributed by atoms with Gasteiger partial charge in [0.15, 0.2) is 5.16 Å². The van der Waals surface area contributed by atoms with E-state index < -0.39 is 23.9 Å². The van der Waals surface area contributed by atoms with E-state index in [9.17, 15) is 22.8 Å². The number of aromatic nitrogens is 2. The van der Waals surface area contributed by atoms with Crippen LogP contribution in [0.1, 0.15) is 27.2 Å². The molecule has 2 aromatic rings. The lowest BCUT2D eigenvalue weighted by molar-refractivity contribution is -0.137. The molecule has 0 saturated carbocycles. The van der Waals surface area contributed by atoms with Gasteiger partial charge in [0.05, 0.1) is 16.2 Å². The molecule has 1 aromatic carbocycles. The van der Waals surface area contributed by atoms with Crippen LogP contribution in [0.25, 0.3) is 10.9 Å². The second kappa shape index (κ2) is 9.17. The monoisotopic (exact) mass is 435 g/mol. The van der Waals surface area contributed by atoms with Gasteiger partial charge >= 0.3 is 6.18 Å². The van der Waals surface area contributed by atoms with Crippen LogP contribution in [0.3, 0.4) is 0 Å². The summed E-state index contributed by atoms with van der Waals surface area (Å²) >= 11 is 6.92. The molecule has 1 N–H and O–H groups in total. The Bertz CT molecular complexity index is 915. The fraction of sp³-hybridized carbons (Fsp3) is 0.500. The summed E-state index contributed by atoms with van der Waals surface area (Å²) in [5.41, 5.74) is 0.108. The highest BCUT2D eigenvalue weighted by Crippen LogP contribution is 2.25. The SMILES string of the molecule is CC(C)CCn1c(SC(C)C(=O)NCC(F)(F)F)nc2cc(Cl)ccc2c1=O. The molecule has 5 nitrogen and oxygen atoms in total. The van der Waals surface area contributed by atoms with Crippen LogP contribution >= 0.6 is 23.4 Å². The Kier molecular flexibility index (Phi) is 7.39. The zero-order chi connectivity index (χ0) is 21.1. The largest absolute Gasteiger partial charge is 0.405 e. The van der Waals surface area contributed by atoms with Crippen molar-refractivity contribution in [3.63, 3.8) is 0 Å². The average Bonchev–Trinajstić information content (AvgIpc) is 2.58. The molecular weight excluding hydrogens is 415 g/mol. The minimum Gasteiger partial charge on any atom is -0.346 e. The fourth-order valence-corrected chi connectivity index (χ4v) is 3.52. The minimum absolute atomic E-state index is 0.271. The van der Waals surface area contributed by atoms with Gasteiger partial charge in [-0.2, -0.15) is 13.2 Å². The second-order valence-corrected chi connectivity index (χ2v) is 8.53. The maximum absolute atomic E-state index is 12.9. The number of hydrogen-bond donors (Lipinski definition) is 1. The van der Waals surface area contributed by atoms with Gasteiger partial charge in [-0.25, -0.2) is 4.98 Å². The average molecular weight is 436 g/mol. The van der Waals surface area contributed by atoms with Gasteiger partial charge in [-0.1, -0.05) is 37.2 Å². The molecule has 0 spiro atoms. The van der Waals surface area contributed by atoms with E-state index in [0.717, 1.165) is 11.8 Å². The molecule has 0 radical (unpaired) electrons. The van der Waals surface area contributed by atoms with E-state index >= 15 is 0 Å². The van der Waals surface area contributed by atoms with Crippen LogP contribution in [0.4, 0.5) is 13.2 Å². The Labute approximate surface area is 169 Å². The molecule has 10 heteroatoms. The number of rotatable bonds is 7. The van der Waals surface area contributed by atoms with Crippen molar-refractivity contribution in [1.82, 2.24) is 14.9 Å². The first-order valence-corrected chi connectivity index (χ1v) is 9.95. The van der Waals surface area contributed by atoms with E-state index in [2.05, 4.69) is 4.98 Å². The van der Waals surface area contributed by atoms with Crippen LogP contribution in [0.2, 0.25) is 5.02 Å². The Morgan fingerprint density at radius 1 is 1.32 bits per heavy atom. The zero-order valence-electron chi connectivity index (χ0n) is 15.6. The van der Waals surface area contributed by atoms with Gasteiger partial charge in [0, 0.05) is 11.6 Å². The van der Waals surface area contributed by atoms with E-state index in [1.54, 1.807) is 18.2 Å². The van der Waals surface area contributed by atoms with Crippen LogP contribution in [-0.4, -0.2) is 33.4 Å². The van der Waals surface area contributed by atoms with E-state index in [0.29, 0.717) is 34.8 Å². The first-order valence-electron chi connectivity index (χ1n) is 8.69. The second-order valence-electron chi connectivity index (χ2n) is 6.79. The summed E-state index contributed by atoms with van der Waals surface area (Å²) in [4.78, 5) is 29.4. The van der Waals surface area contributed by atoms with Crippen LogP contribution in [0, 0.1) is 5.92 Å². The standard InChI is InChI=1S/C18H21ClF3N3O2S/c1-10(2)6-7-25-16(27)13-5-4-12(19)8-14(13)24-17(25)28-11(3)15(26)23-9-18(20,21)22/h4-5,8,10-11H,6-7,9H2,1-3H3,(H,23,26). The van der Waals surface area contributed by atoms with Gasteiger partial charge < -0.3 is 5.32 Å². The van der Waals surface area contributed by atoms with Crippen molar-refractivity contribution in [3.05, 3.63) is 33.6 Å². The Balaban J connectivity index is 2.36. The first kappa shape index (κ1) is 22.5. The fourth-order valence-electron chi connectivity index (χ4n) is 2.39. The molecule has 1 atom stereocenters. The Hall–Kier alpha value is -1.74. The molecule has 0 saturated heterocycles. The van der Waals surface area contributed by atoms with E-state index in [1.165, 1.54) is 11.5 Å². The number of alkyl halides is 3. The van der Waals surface area contributed by atoms with Crippen molar-refractivity contribution < 1.29 is 18.0 Å². The molecule has 1 unspecified atom stereocenters. The molecule has 1 heterocycles. The van der Waals surface area contributed by atoms with Crippen molar-refractivity contribution in [2.45, 2.75) is 50.3 Å². The van der Waals surface area contributed by atoms with E-state index in [1.807, 2.05) is 19.2 Å². The lowest BCUT2D eigenvalue weighted by Crippen LogP contribution is -2.38. The number of benzene rings is 1. The topological polar surface area (TPSA) is 64.0 Å².